The topological polar surface area (TPSA) is 99.5 Å². The zero-order chi connectivity index (χ0) is 11.7. The summed E-state index contributed by atoms with van der Waals surface area (Å²) in [6, 6.07) is 2.04. The van der Waals surface area contributed by atoms with Gasteiger partial charge in [-0.2, -0.15) is 0 Å². The van der Waals surface area contributed by atoms with Crippen molar-refractivity contribution < 1.29 is 29.6 Å². The van der Waals surface area contributed by atoms with Crippen LogP contribution in [0, 0.1) is 0 Å². The van der Waals surface area contributed by atoms with Crippen LogP contribution in [0.15, 0.2) is 12.1 Å². The summed E-state index contributed by atoms with van der Waals surface area (Å²) in [5.74, 6) is -2.51. The largest absolute Gasteiger partial charge is 0.504 e. The number of benzene rings is 1. The molecule has 3 N–H and O–H groups in total. The Morgan fingerprint density at radius 2 is 1.94 bits per heavy atom. The van der Waals surface area contributed by atoms with Gasteiger partial charge in [-0.1, -0.05) is 0 Å². The molecule has 1 unspecified atom stereocenters. The van der Waals surface area contributed by atoms with Crippen molar-refractivity contribution >= 4 is 5.97 Å². The Hall–Kier alpha value is -1.95. The van der Waals surface area contributed by atoms with Gasteiger partial charge >= 0.3 is 5.97 Å². The first-order chi connectivity index (χ1) is 7.58. The third-order valence-corrected chi connectivity index (χ3v) is 2.11. The van der Waals surface area contributed by atoms with Crippen LogP contribution in [0.25, 0.3) is 0 Å². The van der Waals surface area contributed by atoms with Gasteiger partial charge in [-0.3, -0.25) is 0 Å². The van der Waals surface area contributed by atoms with Crippen molar-refractivity contribution in [3.63, 3.8) is 0 Å². The fraction of sp³-hybridized carbons (Fsp3) is 0.300. The lowest BCUT2D eigenvalue weighted by Gasteiger charge is -2.05. The van der Waals surface area contributed by atoms with E-state index in [1.807, 2.05) is 0 Å². The van der Waals surface area contributed by atoms with Crippen LogP contribution in [-0.4, -0.2) is 40.6 Å². The molecule has 1 heterocycles. The second kappa shape index (κ2) is 3.90. The van der Waals surface area contributed by atoms with E-state index in [4.69, 9.17) is 14.6 Å². The highest BCUT2D eigenvalue weighted by molar-refractivity contribution is 5.91. The fourth-order valence-electron chi connectivity index (χ4n) is 1.14. The van der Waals surface area contributed by atoms with Crippen molar-refractivity contribution in [2.45, 2.75) is 6.10 Å². The summed E-state index contributed by atoms with van der Waals surface area (Å²) in [7, 11) is 0. The lowest BCUT2D eigenvalue weighted by Crippen LogP contribution is -2.09. The Kier molecular flexibility index (Phi) is 2.57. The third kappa shape index (κ3) is 2.17. The first kappa shape index (κ1) is 10.6. The summed E-state index contributed by atoms with van der Waals surface area (Å²) in [5.41, 5.74) is -0.0338. The molecule has 0 bridgehead atoms. The molecule has 0 aliphatic carbocycles. The van der Waals surface area contributed by atoms with E-state index in [2.05, 4.69) is 0 Å². The average Bonchev–Trinajstić information content (AvgIpc) is 3.05. The van der Waals surface area contributed by atoms with Crippen LogP contribution < -0.4 is 0 Å². The Balaban J connectivity index is 2.09. The molecule has 1 aromatic rings. The maximum Gasteiger partial charge on any atom is 0.338 e. The van der Waals surface area contributed by atoms with E-state index in [9.17, 15) is 15.0 Å². The molecular formula is C10H10O6. The summed E-state index contributed by atoms with van der Waals surface area (Å²) in [5, 5.41) is 27.4. The molecule has 16 heavy (non-hydrogen) atoms. The zero-order valence-electron chi connectivity index (χ0n) is 8.21. The molecular weight excluding hydrogens is 216 g/mol. The Morgan fingerprint density at radius 3 is 2.44 bits per heavy atom. The summed E-state index contributed by atoms with van der Waals surface area (Å²) >= 11 is 0. The Labute approximate surface area is 90.7 Å². The highest BCUT2D eigenvalue weighted by Crippen LogP contribution is 2.35. The summed E-state index contributed by atoms with van der Waals surface area (Å²) in [4.78, 5) is 11.4. The van der Waals surface area contributed by atoms with Crippen LogP contribution in [0.5, 0.6) is 17.2 Å². The molecule has 6 nitrogen and oxygen atoms in total. The number of aromatic hydroxyl groups is 3. The van der Waals surface area contributed by atoms with Crippen LogP contribution in [0.3, 0.4) is 0 Å². The third-order valence-electron chi connectivity index (χ3n) is 2.11. The van der Waals surface area contributed by atoms with Gasteiger partial charge in [-0.25, -0.2) is 4.79 Å². The molecule has 86 valence electrons. The van der Waals surface area contributed by atoms with E-state index >= 15 is 0 Å². The van der Waals surface area contributed by atoms with Gasteiger partial charge in [-0.15, -0.1) is 0 Å². The van der Waals surface area contributed by atoms with Crippen LogP contribution in [0.2, 0.25) is 0 Å². The van der Waals surface area contributed by atoms with Gasteiger partial charge in [0.05, 0.1) is 12.2 Å². The van der Waals surface area contributed by atoms with Crippen LogP contribution in [0.4, 0.5) is 0 Å². The molecule has 0 spiro atoms. The van der Waals surface area contributed by atoms with Crippen molar-refractivity contribution in [3.8, 4) is 17.2 Å². The molecule has 2 rings (SSSR count). The molecule has 1 aliphatic rings. The van der Waals surface area contributed by atoms with E-state index in [1.54, 1.807) is 0 Å². The number of phenolic OH excluding ortho intramolecular Hbond substituents is 3. The zero-order valence-corrected chi connectivity index (χ0v) is 8.21. The van der Waals surface area contributed by atoms with Crippen molar-refractivity contribution in [1.29, 1.82) is 0 Å². The molecule has 1 aromatic carbocycles. The van der Waals surface area contributed by atoms with Crippen LogP contribution >= 0.6 is 0 Å². The van der Waals surface area contributed by atoms with Gasteiger partial charge in [0.15, 0.2) is 17.2 Å². The van der Waals surface area contributed by atoms with Crippen LogP contribution in [0.1, 0.15) is 10.4 Å². The maximum absolute atomic E-state index is 11.4. The normalized spacial score (nSPS) is 18.1. The van der Waals surface area contributed by atoms with E-state index in [1.165, 1.54) is 0 Å². The number of ether oxygens (including phenoxy) is 2. The number of esters is 1. The predicted octanol–water partition coefficient (Wildman–Crippen LogP) is 0.359. The molecule has 0 amide bonds. The molecule has 1 saturated heterocycles. The van der Waals surface area contributed by atoms with Gasteiger partial charge in [0.2, 0.25) is 0 Å². The fourth-order valence-corrected chi connectivity index (χ4v) is 1.14. The highest BCUT2D eigenvalue weighted by atomic mass is 16.6. The lowest BCUT2D eigenvalue weighted by molar-refractivity contribution is 0.0475. The predicted molar refractivity (Wildman–Crippen MR) is 51.5 cm³/mol. The first-order valence-electron chi connectivity index (χ1n) is 4.61. The van der Waals surface area contributed by atoms with Gasteiger partial charge in [0.25, 0.3) is 0 Å². The molecule has 1 aliphatic heterocycles. The average molecular weight is 226 g/mol. The van der Waals surface area contributed by atoms with Crippen LogP contribution in [-0.2, 0) is 9.47 Å². The van der Waals surface area contributed by atoms with Crippen molar-refractivity contribution in [2.24, 2.45) is 0 Å². The number of epoxide rings is 1. The molecule has 0 aromatic heterocycles. The van der Waals surface area contributed by atoms with E-state index < -0.39 is 23.2 Å². The molecule has 1 fully saturated rings. The minimum atomic E-state index is -0.693. The number of phenols is 3. The number of rotatable bonds is 3. The van der Waals surface area contributed by atoms with Crippen molar-refractivity contribution in [2.75, 3.05) is 13.2 Å². The summed E-state index contributed by atoms with van der Waals surface area (Å²) < 4.78 is 9.68. The standard InChI is InChI=1S/C10H10O6/c11-7-1-5(2-8(12)9(7)13)10(14)16-4-6-3-15-6/h1-2,6,11-13H,3-4H2. The molecule has 1 atom stereocenters. The minimum absolute atomic E-state index is 0.0338. The van der Waals surface area contributed by atoms with E-state index in [-0.39, 0.29) is 18.3 Å². The monoisotopic (exact) mass is 226 g/mol. The Morgan fingerprint density at radius 1 is 1.38 bits per heavy atom. The Bertz CT molecular complexity index is 400. The second-order valence-electron chi connectivity index (χ2n) is 3.42. The van der Waals surface area contributed by atoms with Gasteiger partial charge in [-0.05, 0) is 12.1 Å². The lowest BCUT2D eigenvalue weighted by atomic mass is 10.2. The molecule has 6 heteroatoms. The maximum atomic E-state index is 11.4. The van der Waals surface area contributed by atoms with Gasteiger partial charge < -0.3 is 24.8 Å². The SMILES string of the molecule is O=C(OCC1CO1)c1cc(O)c(O)c(O)c1. The highest BCUT2D eigenvalue weighted by Gasteiger charge is 2.25. The quantitative estimate of drug-likeness (QED) is 0.391. The first-order valence-corrected chi connectivity index (χ1v) is 4.61. The summed E-state index contributed by atoms with van der Waals surface area (Å²) in [6.07, 6.45) is -0.0525. The molecule has 0 radical (unpaired) electrons. The van der Waals surface area contributed by atoms with Crippen molar-refractivity contribution in [3.05, 3.63) is 17.7 Å². The number of hydrogen-bond acceptors (Lipinski definition) is 6. The minimum Gasteiger partial charge on any atom is -0.504 e. The van der Waals surface area contributed by atoms with E-state index in [0.717, 1.165) is 12.1 Å². The molecule has 0 saturated carbocycles. The number of carbonyl (C=O) groups excluding carboxylic acids is 1. The number of carbonyl (C=O) groups is 1. The smallest absolute Gasteiger partial charge is 0.338 e. The second-order valence-corrected chi connectivity index (χ2v) is 3.42. The van der Waals surface area contributed by atoms with Crippen molar-refractivity contribution in [1.82, 2.24) is 0 Å². The van der Waals surface area contributed by atoms with Gasteiger partial charge in [0.1, 0.15) is 12.7 Å². The summed E-state index contributed by atoms with van der Waals surface area (Å²) in [6.45, 7) is 0.709. The van der Waals surface area contributed by atoms with Gasteiger partial charge in [0, 0.05) is 0 Å². The number of hydrogen-bond donors (Lipinski definition) is 3. The van der Waals surface area contributed by atoms with E-state index in [0.29, 0.717) is 6.61 Å².